The minimum atomic E-state index is -1.20. The van der Waals surface area contributed by atoms with Crippen molar-refractivity contribution in [3.63, 3.8) is 0 Å². The first-order valence-corrected chi connectivity index (χ1v) is 5.54. The molecule has 0 aromatic carbocycles. The van der Waals surface area contributed by atoms with Crippen molar-refractivity contribution in [3.8, 4) is 12.3 Å². The monoisotopic (exact) mass is 254 g/mol. The average molecular weight is 254 g/mol. The first-order chi connectivity index (χ1) is 8.29. The number of carbonyl (C=O) groups is 3. The number of aliphatic carboxylic acids is 1. The highest BCUT2D eigenvalue weighted by Gasteiger charge is 2.30. The van der Waals surface area contributed by atoms with Crippen LogP contribution in [0, 0.1) is 17.8 Å². The van der Waals surface area contributed by atoms with Crippen molar-refractivity contribution in [2.24, 2.45) is 5.41 Å². The van der Waals surface area contributed by atoms with E-state index in [0.717, 1.165) is 0 Å². The number of terminal acetylenes is 1. The Hall–Kier alpha value is -2.03. The van der Waals surface area contributed by atoms with Crippen molar-refractivity contribution in [1.82, 2.24) is 10.6 Å². The maximum Gasteiger partial charge on any atom is 0.321 e. The van der Waals surface area contributed by atoms with Gasteiger partial charge in [-0.25, -0.2) is 4.79 Å². The van der Waals surface area contributed by atoms with E-state index in [0.29, 0.717) is 19.4 Å². The van der Waals surface area contributed by atoms with Crippen LogP contribution >= 0.6 is 0 Å². The van der Waals surface area contributed by atoms with Gasteiger partial charge >= 0.3 is 12.0 Å². The van der Waals surface area contributed by atoms with Gasteiger partial charge in [-0.05, 0) is 20.3 Å². The summed E-state index contributed by atoms with van der Waals surface area (Å²) in [6.07, 6.45) is 5.94. The summed E-state index contributed by atoms with van der Waals surface area (Å²) in [6.45, 7) is 3.20. The second-order valence-corrected chi connectivity index (χ2v) is 4.48. The van der Waals surface area contributed by atoms with E-state index in [1.54, 1.807) is 0 Å². The molecule has 0 saturated carbocycles. The standard InChI is InChI=1S/C12H18N2O4/c1-4-5-6-7-13-11(18)14-9(15)8-12(2,3)10(16)17/h1H,5-8H2,2-3H3,(H,16,17)(H2,13,14,15,18). The molecule has 0 aromatic rings. The molecule has 18 heavy (non-hydrogen) atoms. The minimum absolute atomic E-state index is 0.264. The van der Waals surface area contributed by atoms with E-state index in [1.807, 2.05) is 0 Å². The topological polar surface area (TPSA) is 95.5 Å². The van der Waals surface area contributed by atoms with Crippen LogP contribution in [0.1, 0.15) is 33.1 Å². The van der Waals surface area contributed by atoms with E-state index in [9.17, 15) is 14.4 Å². The molecule has 3 N–H and O–H groups in total. The van der Waals surface area contributed by atoms with Gasteiger partial charge < -0.3 is 10.4 Å². The fourth-order valence-electron chi connectivity index (χ4n) is 1.08. The Labute approximate surface area is 106 Å². The second-order valence-electron chi connectivity index (χ2n) is 4.48. The summed E-state index contributed by atoms with van der Waals surface area (Å²) in [6, 6.07) is -0.641. The van der Waals surface area contributed by atoms with E-state index >= 15 is 0 Å². The highest BCUT2D eigenvalue weighted by atomic mass is 16.4. The van der Waals surface area contributed by atoms with Gasteiger partial charge in [-0.3, -0.25) is 14.9 Å². The summed E-state index contributed by atoms with van der Waals surface area (Å²) in [5.41, 5.74) is -1.20. The fourth-order valence-corrected chi connectivity index (χ4v) is 1.08. The Balaban J connectivity index is 3.99. The third-order valence-electron chi connectivity index (χ3n) is 2.22. The number of carbonyl (C=O) groups excluding carboxylic acids is 2. The lowest BCUT2D eigenvalue weighted by atomic mass is 9.89. The van der Waals surface area contributed by atoms with Gasteiger partial charge in [0.2, 0.25) is 5.91 Å². The Morgan fingerprint density at radius 3 is 2.44 bits per heavy atom. The van der Waals surface area contributed by atoms with E-state index < -0.39 is 23.3 Å². The third kappa shape index (κ3) is 6.53. The van der Waals surface area contributed by atoms with Gasteiger partial charge in [0.1, 0.15) is 0 Å². The molecule has 6 nitrogen and oxygen atoms in total. The minimum Gasteiger partial charge on any atom is -0.481 e. The number of unbranched alkanes of at least 4 members (excludes halogenated alkanes) is 1. The average Bonchev–Trinajstić information content (AvgIpc) is 2.23. The summed E-state index contributed by atoms with van der Waals surface area (Å²) in [5, 5.41) is 13.3. The van der Waals surface area contributed by atoms with E-state index in [-0.39, 0.29) is 6.42 Å². The van der Waals surface area contributed by atoms with Gasteiger partial charge in [0.25, 0.3) is 0 Å². The van der Waals surface area contributed by atoms with Crippen LogP contribution in [0.4, 0.5) is 4.79 Å². The van der Waals surface area contributed by atoms with Gasteiger partial charge in [0.05, 0.1) is 5.41 Å². The number of amides is 3. The Kier molecular flexibility index (Phi) is 6.50. The molecule has 0 unspecified atom stereocenters. The summed E-state index contributed by atoms with van der Waals surface area (Å²) in [4.78, 5) is 33.4. The van der Waals surface area contributed by atoms with Crippen molar-refractivity contribution in [3.05, 3.63) is 0 Å². The van der Waals surface area contributed by atoms with Crippen LogP contribution in [0.5, 0.6) is 0 Å². The molecule has 3 amide bonds. The number of imide groups is 1. The first-order valence-electron chi connectivity index (χ1n) is 5.54. The van der Waals surface area contributed by atoms with Gasteiger partial charge in [-0.1, -0.05) is 0 Å². The molecule has 100 valence electrons. The smallest absolute Gasteiger partial charge is 0.321 e. The van der Waals surface area contributed by atoms with Crippen molar-refractivity contribution in [2.75, 3.05) is 6.54 Å². The number of carboxylic acids is 1. The number of rotatable bonds is 6. The van der Waals surface area contributed by atoms with Crippen LogP contribution in [0.2, 0.25) is 0 Å². The van der Waals surface area contributed by atoms with Crippen molar-refractivity contribution in [1.29, 1.82) is 0 Å². The zero-order chi connectivity index (χ0) is 14.2. The van der Waals surface area contributed by atoms with Gasteiger partial charge in [-0.2, -0.15) is 0 Å². The highest BCUT2D eigenvalue weighted by Crippen LogP contribution is 2.19. The lowest BCUT2D eigenvalue weighted by Gasteiger charge is -2.17. The summed E-state index contributed by atoms with van der Waals surface area (Å²) >= 11 is 0. The molecule has 0 radical (unpaired) electrons. The van der Waals surface area contributed by atoms with Crippen LogP contribution in [0.25, 0.3) is 0 Å². The van der Waals surface area contributed by atoms with Crippen molar-refractivity contribution >= 4 is 17.9 Å². The molecular formula is C12H18N2O4. The number of urea groups is 1. The molecular weight excluding hydrogens is 236 g/mol. The number of hydrogen-bond donors (Lipinski definition) is 3. The Bertz CT molecular complexity index is 369. The van der Waals surface area contributed by atoms with Crippen LogP contribution in [-0.4, -0.2) is 29.6 Å². The molecule has 0 fully saturated rings. The van der Waals surface area contributed by atoms with Crippen LogP contribution in [0.3, 0.4) is 0 Å². The predicted octanol–water partition coefficient (Wildman–Crippen LogP) is 0.726. The second kappa shape index (κ2) is 7.33. The molecule has 6 heteroatoms. The molecule has 0 saturated heterocycles. The molecule has 0 aliphatic heterocycles. The lowest BCUT2D eigenvalue weighted by molar-refractivity contribution is -0.149. The maximum atomic E-state index is 11.4. The molecule has 0 aromatic heterocycles. The third-order valence-corrected chi connectivity index (χ3v) is 2.22. The van der Waals surface area contributed by atoms with E-state index in [2.05, 4.69) is 16.6 Å². The zero-order valence-electron chi connectivity index (χ0n) is 10.6. The molecule has 0 heterocycles. The Morgan fingerprint density at radius 1 is 1.33 bits per heavy atom. The molecule has 0 spiro atoms. The Morgan fingerprint density at radius 2 is 1.94 bits per heavy atom. The van der Waals surface area contributed by atoms with Gasteiger partial charge in [0, 0.05) is 19.4 Å². The van der Waals surface area contributed by atoms with Gasteiger partial charge in [0.15, 0.2) is 0 Å². The fraction of sp³-hybridized carbons (Fsp3) is 0.583. The molecule has 0 bridgehead atoms. The normalized spacial score (nSPS) is 10.3. The molecule has 0 rings (SSSR count). The first kappa shape index (κ1) is 16.0. The van der Waals surface area contributed by atoms with Crippen LogP contribution in [0.15, 0.2) is 0 Å². The number of hydrogen-bond acceptors (Lipinski definition) is 3. The van der Waals surface area contributed by atoms with E-state index in [1.165, 1.54) is 13.8 Å². The summed E-state index contributed by atoms with van der Waals surface area (Å²) in [5.74, 6) is 0.703. The van der Waals surface area contributed by atoms with Crippen molar-refractivity contribution in [2.45, 2.75) is 33.1 Å². The van der Waals surface area contributed by atoms with Gasteiger partial charge in [-0.15, -0.1) is 12.3 Å². The number of carboxylic acid groups (broad SMARTS) is 1. The molecule has 0 aliphatic rings. The highest BCUT2D eigenvalue weighted by molar-refractivity contribution is 5.96. The SMILES string of the molecule is C#CCCCNC(=O)NC(=O)CC(C)(C)C(=O)O. The largest absolute Gasteiger partial charge is 0.481 e. The zero-order valence-corrected chi connectivity index (χ0v) is 10.6. The van der Waals surface area contributed by atoms with Crippen molar-refractivity contribution < 1.29 is 19.5 Å². The lowest BCUT2D eigenvalue weighted by Crippen LogP contribution is -2.42. The predicted molar refractivity (Wildman–Crippen MR) is 65.6 cm³/mol. The molecule has 0 aliphatic carbocycles. The summed E-state index contributed by atoms with van der Waals surface area (Å²) < 4.78 is 0. The maximum absolute atomic E-state index is 11.4. The number of nitrogens with one attached hydrogen (secondary N) is 2. The van der Waals surface area contributed by atoms with E-state index in [4.69, 9.17) is 11.5 Å². The van der Waals surface area contributed by atoms with Crippen LogP contribution < -0.4 is 10.6 Å². The quantitative estimate of drug-likeness (QED) is 0.481. The van der Waals surface area contributed by atoms with Crippen LogP contribution in [-0.2, 0) is 9.59 Å². The molecule has 0 atom stereocenters. The summed E-state index contributed by atoms with van der Waals surface area (Å²) in [7, 11) is 0.